The topological polar surface area (TPSA) is 115 Å². The molecule has 1 aliphatic heterocycles. The Morgan fingerprint density at radius 3 is 2.39 bits per heavy atom. The summed E-state index contributed by atoms with van der Waals surface area (Å²) in [5.74, 6) is 0.0863. The number of carbonyl (C=O) groups excluding carboxylic acids is 2. The normalized spacial score (nSPS) is 26.7. The van der Waals surface area contributed by atoms with Crippen molar-refractivity contribution < 1.29 is 23.7 Å². The highest BCUT2D eigenvalue weighted by molar-refractivity contribution is 6.06. The van der Waals surface area contributed by atoms with E-state index in [0.717, 1.165) is 17.9 Å². The number of hydrogen-bond acceptors (Lipinski definition) is 7. The minimum atomic E-state index is -0.500. The zero-order valence-electron chi connectivity index (χ0n) is 16.6. The van der Waals surface area contributed by atoms with E-state index in [1.54, 1.807) is 12.1 Å². The summed E-state index contributed by atoms with van der Waals surface area (Å²) in [4.78, 5) is 36.2. The fraction of sp³-hybridized carbons (Fsp3) is 0.318. The third-order valence-electron chi connectivity index (χ3n) is 6.32. The summed E-state index contributed by atoms with van der Waals surface area (Å²) >= 11 is 0. The van der Waals surface area contributed by atoms with Gasteiger partial charge < -0.3 is 9.15 Å². The monoisotopic (exact) mass is 421 g/mol. The van der Waals surface area contributed by atoms with Gasteiger partial charge in [0.25, 0.3) is 17.5 Å². The van der Waals surface area contributed by atoms with Gasteiger partial charge in [0.05, 0.1) is 35.6 Å². The molecular weight excluding hydrogens is 402 g/mol. The average Bonchev–Trinajstić information content (AvgIpc) is 3.36. The number of nitro groups is 1. The Morgan fingerprint density at radius 1 is 1.13 bits per heavy atom. The van der Waals surface area contributed by atoms with Crippen molar-refractivity contribution in [2.45, 2.75) is 12.8 Å². The summed E-state index contributed by atoms with van der Waals surface area (Å²) in [5.41, 5.74) is 0.319. The van der Waals surface area contributed by atoms with Crippen LogP contribution in [-0.2, 0) is 9.59 Å². The first-order valence-corrected chi connectivity index (χ1v) is 10.0. The summed E-state index contributed by atoms with van der Waals surface area (Å²) in [6.45, 7) is 0. The molecule has 4 aliphatic rings. The van der Waals surface area contributed by atoms with E-state index in [-0.39, 0.29) is 41.2 Å². The molecule has 2 aromatic rings. The molecule has 1 saturated carbocycles. The Hall–Kier alpha value is -3.75. The Bertz CT molecular complexity index is 1120. The first-order chi connectivity index (χ1) is 15.0. The quantitative estimate of drug-likeness (QED) is 0.240. The van der Waals surface area contributed by atoms with Crippen LogP contribution in [-0.4, -0.2) is 35.1 Å². The van der Waals surface area contributed by atoms with Crippen LogP contribution in [0.25, 0.3) is 11.3 Å². The lowest BCUT2D eigenvalue weighted by Crippen LogP contribution is -2.38. The molecule has 4 unspecified atom stereocenters. The van der Waals surface area contributed by atoms with Crippen molar-refractivity contribution in [3.63, 3.8) is 0 Å². The van der Waals surface area contributed by atoms with Gasteiger partial charge in [0.2, 0.25) is 0 Å². The maximum atomic E-state index is 12.8. The Morgan fingerprint density at radius 2 is 1.81 bits per heavy atom. The summed E-state index contributed by atoms with van der Waals surface area (Å²) in [6.07, 6.45) is 7.27. The molecule has 9 heteroatoms. The Labute approximate surface area is 177 Å². The van der Waals surface area contributed by atoms with E-state index in [4.69, 9.17) is 9.15 Å². The number of imide groups is 1. The molecule has 1 aromatic heterocycles. The number of nitro benzene ring substituents is 1. The molecule has 9 nitrogen and oxygen atoms in total. The van der Waals surface area contributed by atoms with Crippen LogP contribution < -0.4 is 4.74 Å². The van der Waals surface area contributed by atoms with Gasteiger partial charge in [-0.05, 0) is 42.9 Å². The molecule has 3 aliphatic carbocycles. The first kappa shape index (κ1) is 19.2. The van der Waals surface area contributed by atoms with Crippen molar-refractivity contribution in [2.75, 3.05) is 7.11 Å². The number of hydrazone groups is 1. The van der Waals surface area contributed by atoms with E-state index >= 15 is 0 Å². The van der Waals surface area contributed by atoms with E-state index < -0.39 is 4.92 Å². The van der Waals surface area contributed by atoms with Gasteiger partial charge in [-0.2, -0.15) is 10.1 Å². The smallest absolute Gasteiger partial charge is 0.270 e. The second-order valence-corrected chi connectivity index (χ2v) is 7.92. The SMILES string of the molecule is COc1ccc([N+](=O)[O-])cc1-c1ccc(/C=N/N2C(=O)C3C4C=CC(CC4)C3C2=O)o1. The summed E-state index contributed by atoms with van der Waals surface area (Å²) < 4.78 is 11.0. The van der Waals surface area contributed by atoms with Crippen molar-refractivity contribution in [3.8, 4) is 17.1 Å². The zero-order valence-corrected chi connectivity index (χ0v) is 16.6. The molecule has 158 valence electrons. The number of ether oxygens (including phenoxy) is 1. The molecule has 0 radical (unpaired) electrons. The molecule has 2 fully saturated rings. The molecule has 1 aromatic carbocycles. The number of amides is 2. The molecule has 2 bridgehead atoms. The van der Waals surface area contributed by atoms with E-state index in [2.05, 4.69) is 17.3 Å². The standard InChI is InChI=1S/C22H19N3O6/c1-30-17-8-6-14(25(28)29)10-16(17)18-9-7-15(31-18)11-23-24-21(26)19-12-2-3-13(5-4-12)20(19)22(24)27/h2-3,6-13,19-20H,4-5H2,1H3/b23-11+. The predicted octanol–water partition coefficient (Wildman–Crippen LogP) is 3.39. The van der Waals surface area contributed by atoms with Gasteiger partial charge in [-0.3, -0.25) is 19.7 Å². The number of hydrogen-bond donors (Lipinski definition) is 0. The number of carbonyl (C=O) groups is 2. The van der Waals surface area contributed by atoms with Crippen LogP contribution in [0.2, 0.25) is 0 Å². The molecule has 4 atom stereocenters. The highest BCUT2D eigenvalue weighted by atomic mass is 16.6. The van der Waals surface area contributed by atoms with Crippen LogP contribution in [0.4, 0.5) is 5.69 Å². The van der Waals surface area contributed by atoms with Gasteiger partial charge in [-0.1, -0.05) is 12.2 Å². The van der Waals surface area contributed by atoms with Crippen molar-refractivity contribution in [1.29, 1.82) is 0 Å². The van der Waals surface area contributed by atoms with Gasteiger partial charge in [0, 0.05) is 12.1 Å². The Kier molecular flexibility index (Phi) is 4.46. The second kappa shape index (κ2) is 7.19. The van der Waals surface area contributed by atoms with Crippen LogP contribution in [0.3, 0.4) is 0 Å². The van der Waals surface area contributed by atoms with Crippen LogP contribution in [0, 0.1) is 33.8 Å². The molecule has 1 saturated heterocycles. The van der Waals surface area contributed by atoms with Gasteiger partial charge in [0.1, 0.15) is 17.3 Å². The van der Waals surface area contributed by atoms with Crippen molar-refractivity contribution in [3.05, 3.63) is 58.4 Å². The lowest BCUT2D eigenvalue weighted by Gasteiger charge is -2.37. The minimum absolute atomic E-state index is 0.0958. The van der Waals surface area contributed by atoms with Crippen molar-refractivity contribution in [2.24, 2.45) is 28.8 Å². The van der Waals surface area contributed by atoms with Crippen LogP contribution >= 0.6 is 0 Å². The van der Waals surface area contributed by atoms with E-state index in [1.807, 2.05) is 0 Å². The fourth-order valence-electron chi connectivity index (χ4n) is 4.86. The fourth-order valence-corrected chi connectivity index (χ4v) is 4.86. The molecule has 2 heterocycles. The summed E-state index contributed by atoms with van der Waals surface area (Å²) in [5, 5.41) is 16.2. The van der Waals surface area contributed by atoms with E-state index in [1.165, 1.54) is 31.5 Å². The largest absolute Gasteiger partial charge is 0.496 e. The van der Waals surface area contributed by atoms with E-state index in [9.17, 15) is 19.7 Å². The lowest BCUT2D eigenvalue weighted by molar-refractivity contribution is -0.384. The van der Waals surface area contributed by atoms with Crippen molar-refractivity contribution >= 4 is 23.7 Å². The predicted molar refractivity (Wildman–Crippen MR) is 109 cm³/mol. The molecule has 0 N–H and O–H groups in total. The molecule has 2 amide bonds. The number of rotatable bonds is 5. The third-order valence-corrected chi connectivity index (χ3v) is 6.32. The van der Waals surface area contributed by atoms with Gasteiger partial charge in [-0.25, -0.2) is 0 Å². The number of fused-ring (bicyclic) bond motifs is 1. The highest BCUT2D eigenvalue weighted by Crippen LogP contribution is 2.49. The number of allylic oxidation sites excluding steroid dienone is 2. The van der Waals surface area contributed by atoms with Crippen LogP contribution in [0.15, 0.2) is 52.0 Å². The van der Waals surface area contributed by atoms with Crippen LogP contribution in [0.1, 0.15) is 18.6 Å². The number of non-ortho nitro benzene ring substituents is 1. The van der Waals surface area contributed by atoms with Gasteiger partial charge in [0.15, 0.2) is 0 Å². The first-order valence-electron chi connectivity index (χ1n) is 10.0. The molecule has 31 heavy (non-hydrogen) atoms. The summed E-state index contributed by atoms with van der Waals surface area (Å²) in [7, 11) is 1.46. The lowest BCUT2D eigenvalue weighted by atomic mass is 9.63. The molecule has 0 spiro atoms. The number of methoxy groups -OCH3 is 1. The number of nitrogens with zero attached hydrogens (tertiary/aromatic N) is 3. The molecule has 6 rings (SSSR count). The van der Waals surface area contributed by atoms with Gasteiger partial charge in [-0.15, -0.1) is 0 Å². The zero-order chi connectivity index (χ0) is 21.7. The minimum Gasteiger partial charge on any atom is -0.496 e. The number of benzene rings is 1. The van der Waals surface area contributed by atoms with Crippen molar-refractivity contribution in [1.82, 2.24) is 5.01 Å². The highest BCUT2D eigenvalue weighted by Gasteiger charge is 2.56. The maximum absolute atomic E-state index is 12.8. The van der Waals surface area contributed by atoms with Gasteiger partial charge >= 0.3 is 0 Å². The average molecular weight is 421 g/mol. The third kappa shape index (κ3) is 3.04. The Balaban J connectivity index is 1.40. The maximum Gasteiger partial charge on any atom is 0.270 e. The van der Waals surface area contributed by atoms with E-state index in [0.29, 0.717) is 22.8 Å². The summed E-state index contributed by atoms with van der Waals surface area (Å²) in [6, 6.07) is 7.44. The van der Waals surface area contributed by atoms with Crippen LogP contribution in [0.5, 0.6) is 5.75 Å². The molecular formula is C22H19N3O6. The second-order valence-electron chi connectivity index (χ2n) is 7.92. The number of furan rings is 1.